The van der Waals surface area contributed by atoms with E-state index < -0.39 is 23.6 Å². The highest BCUT2D eigenvalue weighted by atomic mass is 16.2. The number of hydrogen-bond acceptors (Lipinski definition) is 7. The Balaban J connectivity index is 1.84. The number of nitrogens with two attached hydrogens (primary N) is 1. The summed E-state index contributed by atoms with van der Waals surface area (Å²) < 4.78 is 0. The van der Waals surface area contributed by atoms with Gasteiger partial charge in [0, 0.05) is 12.6 Å². The molecule has 1 aromatic carbocycles. The van der Waals surface area contributed by atoms with Crippen LogP contribution in [0.3, 0.4) is 0 Å². The van der Waals surface area contributed by atoms with Gasteiger partial charge in [-0.3, -0.25) is 14.4 Å². The van der Waals surface area contributed by atoms with Crippen LogP contribution in [0.15, 0.2) is 48.9 Å². The topological polar surface area (TPSA) is 157 Å². The number of aromatic nitrogens is 5. The molecule has 3 aromatic rings. The number of carbonyl (C=O) groups excluding carboxylic acids is 3. The number of aromatic amines is 1. The van der Waals surface area contributed by atoms with E-state index in [1.54, 1.807) is 30.3 Å². The summed E-state index contributed by atoms with van der Waals surface area (Å²) in [5, 5.41) is 12.6. The van der Waals surface area contributed by atoms with E-state index in [4.69, 9.17) is 5.73 Å². The van der Waals surface area contributed by atoms with Crippen LogP contribution < -0.4 is 11.1 Å². The number of amides is 2. The average Bonchev–Trinajstić information content (AvgIpc) is 3.18. The van der Waals surface area contributed by atoms with Crippen molar-refractivity contribution in [2.75, 3.05) is 0 Å². The molecule has 1 atom stereocenters. The molecule has 0 radical (unpaired) electrons. The number of benzene rings is 1. The fraction of sp³-hybridized carbons (Fsp3) is 0.118. The van der Waals surface area contributed by atoms with Crippen LogP contribution in [-0.4, -0.2) is 49.0 Å². The molecule has 0 aliphatic rings. The van der Waals surface area contributed by atoms with Gasteiger partial charge in [-0.25, -0.2) is 9.97 Å². The molecule has 0 aliphatic heterocycles. The zero-order valence-corrected chi connectivity index (χ0v) is 14.0. The molecular weight excluding hydrogens is 350 g/mol. The highest BCUT2D eigenvalue weighted by Gasteiger charge is 2.28. The number of hydrogen-bond donors (Lipinski definition) is 3. The first-order valence-corrected chi connectivity index (χ1v) is 7.92. The number of primary amides is 1. The van der Waals surface area contributed by atoms with Gasteiger partial charge in [0.2, 0.25) is 5.78 Å². The first kappa shape index (κ1) is 17.9. The van der Waals surface area contributed by atoms with E-state index in [1.165, 1.54) is 12.5 Å². The molecule has 10 nitrogen and oxygen atoms in total. The largest absolute Gasteiger partial charge is 0.363 e. The molecule has 0 bridgehead atoms. The van der Waals surface area contributed by atoms with Crippen molar-refractivity contribution >= 4 is 17.6 Å². The predicted molar refractivity (Wildman–Crippen MR) is 93.0 cm³/mol. The minimum Gasteiger partial charge on any atom is -0.363 e. The van der Waals surface area contributed by atoms with Crippen molar-refractivity contribution in [3.63, 3.8) is 0 Å². The van der Waals surface area contributed by atoms with E-state index in [-0.39, 0.29) is 17.8 Å². The second-order valence-electron chi connectivity index (χ2n) is 5.56. The number of carbonyl (C=O) groups is 3. The van der Waals surface area contributed by atoms with Crippen LogP contribution in [0.4, 0.5) is 0 Å². The summed E-state index contributed by atoms with van der Waals surface area (Å²) in [7, 11) is 0. The van der Waals surface area contributed by atoms with Crippen molar-refractivity contribution in [3.8, 4) is 11.4 Å². The first-order valence-electron chi connectivity index (χ1n) is 7.92. The molecule has 0 spiro atoms. The summed E-state index contributed by atoms with van der Waals surface area (Å²) in [5.74, 6) is -2.72. The third-order valence-corrected chi connectivity index (χ3v) is 3.73. The molecule has 0 aliphatic carbocycles. The lowest BCUT2D eigenvalue weighted by Gasteiger charge is -2.15. The Labute approximate surface area is 153 Å². The third kappa shape index (κ3) is 4.18. The van der Waals surface area contributed by atoms with E-state index in [9.17, 15) is 14.4 Å². The molecule has 0 saturated heterocycles. The molecule has 2 heterocycles. The number of ketones is 1. The van der Waals surface area contributed by atoms with Crippen LogP contribution in [0.5, 0.6) is 0 Å². The van der Waals surface area contributed by atoms with Gasteiger partial charge in [0.05, 0.1) is 5.69 Å². The summed E-state index contributed by atoms with van der Waals surface area (Å²) in [4.78, 5) is 44.0. The van der Waals surface area contributed by atoms with Crippen molar-refractivity contribution in [1.82, 2.24) is 30.7 Å². The SMILES string of the molecule is NC(=O)C(=O)C(Cc1ccccc1)NC(=O)c1n[nH]nc1-c1ccncn1. The Hall–Kier alpha value is -3.95. The summed E-state index contributed by atoms with van der Waals surface area (Å²) >= 11 is 0. The summed E-state index contributed by atoms with van der Waals surface area (Å²) in [6.07, 6.45) is 2.91. The number of rotatable bonds is 7. The third-order valence-electron chi connectivity index (χ3n) is 3.73. The van der Waals surface area contributed by atoms with Gasteiger partial charge in [0.1, 0.15) is 18.1 Å². The Bertz CT molecular complexity index is 957. The van der Waals surface area contributed by atoms with Gasteiger partial charge in [-0.05, 0) is 11.6 Å². The standard InChI is InChI=1S/C17H15N7O3/c18-16(26)15(25)12(8-10-4-2-1-3-5-10)21-17(27)14-13(22-24-23-14)11-6-7-19-9-20-11/h1-7,9,12H,8H2,(H2,18,26)(H,21,27)(H,22,23,24). The molecule has 136 valence electrons. The maximum Gasteiger partial charge on any atom is 0.287 e. The van der Waals surface area contributed by atoms with E-state index >= 15 is 0 Å². The molecule has 2 aromatic heterocycles. The van der Waals surface area contributed by atoms with Gasteiger partial charge in [-0.15, -0.1) is 0 Å². The molecule has 0 fully saturated rings. The van der Waals surface area contributed by atoms with E-state index in [1.807, 2.05) is 6.07 Å². The molecule has 0 saturated carbocycles. The molecular formula is C17H15N7O3. The lowest BCUT2D eigenvalue weighted by Crippen LogP contribution is -2.47. The quantitative estimate of drug-likeness (QED) is 0.483. The van der Waals surface area contributed by atoms with Crippen LogP contribution in [0.2, 0.25) is 0 Å². The van der Waals surface area contributed by atoms with Crippen molar-refractivity contribution in [3.05, 3.63) is 60.2 Å². The maximum atomic E-state index is 12.6. The van der Waals surface area contributed by atoms with Crippen LogP contribution in [0, 0.1) is 0 Å². The molecule has 3 rings (SSSR count). The normalized spacial score (nSPS) is 11.6. The second kappa shape index (κ2) is 7.95. The maximum absolute atomic E-state index is 12.6. The van der Waals surface area contributed by atoms with Gasteiger partial charge in [-0.2, -0.15) is 15.4 Å². The number of Topliss-reactive ketones (excluding diaryl/α,β-unsaturated/α-hetero) is 1. The highest BCUT2D eigenvalue weighted by Crippen LogP contribution is 2.16. The summed E-state index contributed by atoms with van der Waals surface area (Å²) in [6, 6.07) is 9.36. The van der Waals surface area contributed by atoms with Crippen molar-refractivity contribution in [2.45, 2.75) is 12.5 Å². The smallest absolute Gasteiger partial charge is 0.287 e. The van der Waals surface area contributed by atoms with E-state index in [0.29, 0.717) is 5.69 Å². The Kier molecular flexibility index (Phi) is 5.26. The van der Waals surface area contributed by atoms with Crippen LogP contribution in [0.25, 0.3) is 11.4 Å². The van der Waals surface area contributed by atoms with E-state index in [2.05, 4.69) is 30.7 Å². The van der Waals surface area contributed by atoms with Gasteiger partial charge in [0.15, 0.2) is 5.69 Å². The van der Waals surface area contributed by atoms with Gasteiger partial charge < -0.3 is 11.1 Å². The van der Waals surface area contributed by atoms with Crippen LogP contribution >= 0.6 is 0 Å². The highest BCUT2D eigenvalue weighted by molar-refractivity contribution is 6.38. The van der Waals surface area contributed by atoms with E-state index in [0.717, 1.165) is 5.56 Å². The predicted octanol–water partition coefficient (Wildman–Crippen LogP) is -0.343. The molecule has 2 amide bonds. The zero-order valence-electron chi connectivity index (χ0n) is 14.0. The number of nitrogens with zero attached hydrogens (tertiary/aromatic N) is 4. The molecule has 10 heteroatoms. The lowest BCUT2D eigenvalue weighted by molar-refractivity contribution is -0.137. The molecule has 1 unspecified atom stereocenters. The monoisotopic (exact) mass is 365 g/mol. The fourth-order valence-electron chi connectivity index (χ4n) is 2.46. The Morgan fingerprint density at radius 3 is 2.56 bits per heavy atom. The summed E-state index contributed by atoms with van der Waals surface area (Å²) in [5.41, 5.74) is 6.38. The lowest BCUT2D eigenvalue weighted by atomic mass is 10.0. The van der Waals surface area contributed by atoms with Gasteiger partial charge >= 0.3 is 0 Å². The zero-order chi connectivity index (χ0) is 19.2. The van der Waals surface area contributed by atoms with Crippen LogP contribution in [-0.2, 0) is 16.0 Å². The Morgan fingerprint density at radius 1 is 1.11 bits per heavy atom. The van der Waals surface area contributed by atoms with Gasteiger partial charge in [-0.1, -0.05) is 30.3 Å². The van der Waals surface area contributed by atoms with Crippen molar-refractivity contribution in [1.29, 1.82) is 0 Å². The summed E-state index contributed by atoms with van der Waals surface area (Å²) in [6.45, 7) is 0. The first-order chi connectivity index (χ1) is 13.1. The van der Waals surface area contributed by atoms with Crippen molar-refractivity contribution in [2.24, 2.45) is 5.73 Å². The second-order valence-corrected chi connectivity index (χ2v) is 5.56. The molecule has 4 N–H and O–H groups in total. The minimum atomic E-state index is -1.13. The average molecular weight is 365 g/mol. The Morgan fingerprint density at radius 2 is 1.89 bits per heavy atom. The van der Waals surface area contributed by atoms with Gasteiger partial charge in [0.25, 0.3) is 11.8 Å². The minimum absolute atomic E-state index is 0.0657. The number of nitrogens with one attached hydrogen (secondary N) is 2. The molecule has 27 heavy (non-hydrogen) atoms. The fourth-order valence-corrected chi connectivity index (χ4v) is 2.46. The number of H-pyrrole nitrogens is 1. The van der Waals surface area contributed by atoms with Crippen LogP contribution in [0.1, 0.15) is 16.1 Å². The van der Waals surface area contributed by atoms with Crippen molar-refractivity contribution < 1.29 is 14.4 Å².